The lowest BCUT2D eigenvalue weighted by Gasteiger charge is -2.41. The second-order valence-electron chi connectivity index (χ2n) is 5.88. The minimum absolute atomic E-state index is 0.0172. The number of sulfonamides is 1. The number of hydrogen-bond donors (Lipinski definition) is 1. The summed E-state index contributed by atoms with van der Waals surface area (Å²) in [5.74, 6) is 0.338. The maximum Gasteiger partial charge on any atom is 0.248 e. The molecule has 6 nitrogen and oxygen atoms in total. The van der Waals surface area contributed by atoms with Crippen LogP contribution in [0.5, 0.6) is 0 Å². The smallest absolute Gasteiger partial charge is 0.248 e. The van der Waals surface area contributed by atoms with E-state index in [4.69, 9.17) is 10.3 Å². The van der Waals surface area contributed by atoms with Crippen LogP contribution in [0.25, 0.3) is 0 Å². The Bertz CT molecular complexity index is 558. The molecule has 7 heteroatoms. The van der Waals surface area contributed by atoms with Crippen LogP contribution in [0.4, 0.5) is 0 Å². The normalized spacial score (nSPS) is 24.6. The van der Waals surface area contributed by atoms with Gasteiger partial charge in [-0.2, -0.15) is 4.31 Å². The zero-order valence-electron chi connectivity index (χ0n) is 11.8. The molecule has 19 heavy (non-hydrogen) atoms. The Morgan fingerprint density at radius 2 is 2.05 bits per heavy atom. The number of nitrogens with two attached hydrogens (primary N) is 1. The van der Waals surface area contributed by atoms with E-state index in [-0.39, 0.29) is 16.4 Å². The molecule has 2 rings (SSSR count). The zero-order chi connectivity index (χ0) is 14.4. The van der Waals surface area contributed by atoms with Gasteiger partial charge in [0.1, 0.15) is 10.6 Å². The number of aryl methyl sites for hydroxylation is 2. The van der Waals surface area contributed by atoms with E-state index in [1.165, 1.54) is 4.31 Å². The average molecular weight is 287 g/mol. The molecule has 0 bridgehead atoms. The second-order valence-corrected chi connectivity index (χ2v) is 7.75. The summed E-state index contributed by atoms with van der Waals surface area (Å²) in [6, 6.07) is 0.0172. The van der Waals surface area contributed by atoms with Crippen molar-refractivity contribution in [2.45, 2.75) is 45.1 Å². The summed E-state index contributed by atoms with van der Waals surface area (Å²) in [6.07, 6.45) is 0.662. The average Bonchev–Trinajstić information content (AvgIpc) is 2.62. The second kappa shape index (κ2) is 4.57. The Labute approximate surface area is 114 Å². The third-order valence-corrected chi connectivity index (χ3v) is 5.93. The van der Waals surface area contributed by atoms with Crippen LogP contribution in [0.1, 0.15) is 31.7 Å². The summed E-state index contributed by atoms with van der Waals surface area (Å²) in [4.78, 5) is 0.193. The van der Waals surface area contributed by atoms with E-state index >= 15 is 0 Å². The lowest BCUT2D eigenvalue weighted by Crippen LogP contribution is -2.53. The highest BCUT2D eigenvalue weighted by Crippen LogP contribution is 2.32. The molecule has 1 saturated heterocycles. The Morgan fingerprint density at radius 1 is 1.42 bits per heavy atom. The first-order chi connectivity index (χ1) is 8.66. The van der Waals surface area contributed by atoms with Crippen LogP contribution in [0, 0.1) is 19.3 Å². The fourth-order valence-corrected chi connectivity index (χ4v) is 4.42. The monoisotopic (exact) mass is 287 g/mol. The van der Waals surface area contributed by atoms with E-state index in [2.05, 4.69) is 5.16 Å². The van der Waals surface area contributed by atoms with Gasteiger partial charge in [0.15, 0.2) is 5.76 Å². The van der Waals surface area contributed by atoms with Crippen molar-refractivity contribution in [3.63, 3.8) is 0 Å². The largest absolute Gasteiger partial charge is 0.360 e. The van der Waals surface area contributed by atoms with Crippen LogP contribution in [-0.4, -0.2) is 37.0 Å². The molecule has 2 heterocycles. The summed E-state index contributed by atoms with van der Waals surface area (Å²) in [5, 5.41) is 3.72. The summed E-state index contributed by atoms with van der Waals surface area (Å²) < 4.78 is 31.8. The van der Waals surface area contributed by atoms with Gasteiger partial charge in [-0.3, -0.25) is 0 Å². The SMILES string of the molecule is Cc1noc(C)c1S(=O)(=O)N1CCC(N)C(C)(C)C1. The predicted molar refractivity (Wildman–Crippen MR) is 71.1 cm³/mol. The van der Waals surface area contributed by atoms with Gasteiger partial charge in [-0.05, 0) is 25.7 Å². The fraction of sp³-hybridized carbons (Fsp3) is 0.750. The summed E-state index contributed by atoms with van der Waals surface area (Å²) in [5.41, 5.74) is 6.22. The Morgan fingerprint density at radius 3 is 2.53 bits per heavy atom. The zero-order valence-corrected chi connectivity index (χ0v) is 12.6. The maximum atomic E-state index is 12.7. The molecule has 1 fully saturated rings. The lowest BCUT2D eigenvalue weighted by atomic mass is 9.81. The van der Waals surface area contributed by atoms with Crippen LogP contribution in [-0.2, 0) is 10.0 Å². The highest BCUT2D eigenvalue weighted by molar-refractivity contribution is 7.89. The van der Waals surface area contributed by atoms with E-state index in [0.29, 0.717) is 31.0 Å². The molecule has 0 saturated carbocycles. The summed E-state index contributed by atoms with van der Waals surface area (Å²) >= 11 is 0. The minimum Gasteiger partial charge on any atom is -0.360 e. The first kappa shape index (κ1) is 14.5. The van der Waals surface area contributed by atoms with E-state index in [9.17, 15) is 8.42 Å². The number of rotatable bonds is 2. The first-order valence-electron chi connectivity index (χ1n) is 6.35. The third kappa shape index (κ3) is 2.42. The summed E-state index contributed by atoms with van der Waals surface area (Å²) in [6.45, 7) is 8.11. The van der Waals surface area contributed by atoms with E-state index < -0.39 is 10.0 Å². The molecular formula is C12H21N3O3S. The van der Waals surface area contributed by atoms with Crippen molar-refractivity contribution >= 4 is 10.0 Å². The van der Waals surface area contributed by atoms with E-state index in [1.807, 2.05) is 13.8 Å². The summed E-state index contributed by atoms with van der Waals surface area (Å²) in [7, 11) is -3.55. The molecule has 0 spiro atoms. The quantitative estimate of drug-likeness (QED) is 0.877. The van der Waals surface area contributed by atoms with Crippen molar-refractivity contribution in [2.24, 2.45) is 11.1 Å². The van der Waals surface area contributed by atoms with Crippen LogP contribution >= 0.6 is 0 Å². The molecule has 1 unspecified atom stereocenters. The molecule has 108 valence electrons. The first-order valence-corrected chi connectivity index (χ1v) is 7.79. The molecule has 1 aliphatic rings. The molecule has 0 amide bonds. The minimum atomic E-state index is -3.55. The van der Waals surface area contributed by atoms with Gasteiger partial charge < -0.3 is 10.3 Å². The number of hydrogen-bond acceptors (Lipinski definition) is 5. The molecule has 0 aliphatic carbocycles. The van der Waals surface area contributed by atoms with Gasteiger partial charge in [-0.15, -0.1) is 0 Å². The van der Waals surface area contributed by atoms with Crippen LogP contribution in [0.3, 0.4) is 0 Å². The molecule has 1 aliphatic heterocycles. The van der Waals surface area contributed by atoms with E-state index in [0.717, 1.165) is 0 Å². The number of piperidine rings is 1. The van der Waals surface area contributed by atoms with Crippen molar-refractivity contribution in [1.82, 2.24) is 9.46 Å². The van der Waals surface area contributed by atoms with Gasteiger partial charge in [0.05, 0.1) is 0 Å². The molecule has 0 aromatic carbocycles. The number of aromatic nitrogens is 1. The Balaban J connectivity index is 2.37. The molecule has 1 aromatic rings. The highest BCUT2D eigenvalue weighted by Gasteiger charge is 2.40. The number of nitrogens with zero attached hydrogens (tertiary/aromatic N) is 2. The molecular weight excluding hydrogens is 266 g/mol. The van der Waals surface area contributed by atoms with Crippen molar-refractivity contribution in [3.8, 4) is 0 Å². The van der Waals surface area contributed by atoms with Gasteiger partial charge in [-0.25, -0.2) is 8.42 Å². The lowest BCUT2D eigenvalue weighted by molar-refractivity contribution is 0.155. The molecule has 1 aromatic heterocycles. The van der Waals surface area contributed by atoms with E-state index in [1.54, 1.807) is 13.8 Å². The molecule has 2 N–H and O–H groups in total. The predicted octanol–water partition coefficient (Wildman–Crippen LogP) is 1.04. The van der Waals surface area contributed by atoms with Crippen molar-refractivity contribution in [1.29, 1.82) is 0 Å². The van der Waals surface area contributed by atoms with Gasteiger partial charge in [0.2, 0.25) is 10.0 Å². The van der Waals surface area contributed by atoms with Crippen molar-refractivity contribution < 1.29 is 12.9 Å². The Kier molecular flexibility index (Phi) is 3.49. The van der Waals surface area contributed by atoms with Crippen LogP contribution < -0.4 is 5.73 Å². The third-order valence-electron chi connectivity index (χ3n) is 3.84. The molecule has 1 atom stereocenters. The van der Waals surface area contributed by atoms with Gasteiger partial charge in [0, 0.05) is 19.1 Å². The van der Waals surface area contributed by atoms with Gasteiger partial charge in [0.25, 0.3) is 0 Å². The highest BCUT2D eigenvalue weighted by atomic mass is 32.2. The van der Waals surface area contributed by atoms with Gasteiger partial charge in [-0.1, -0.05) is 19.0 Å². The standard InChI is InChI=1S/C12H21N3O3S/c1-8-11(9(2)18-14-8)19(16,17)15-6-5-10(13)12(3,4)7-15/h10H,5-7,13H2,1-4H3. The van der Waals surface area contributed by atoms with Gasteiger partial charge >= 0.3 is 0 Å². The van der Waals surface area contributed by atoms with Crippen LogP contribution in [0.2, 0.25) is 0 Å². The van der Waals surface area contributed by atoms with Crippen LogP contribution in [0.15, 0.2) is 9.42 Å². The topological polar surface area (TPSA) is 89.4 Å². The Hall–Kier alpha value is -0.920. The fourth-order valence-electron chi connectivity index (χ4n) is 2.50. The van der Waals surface area contributed by atoms with Crippen molar-refractivity contribution in [2.75, 3.05) is 13.1 Å². The maximum absolute atomic E-state index is 12.7. The van der Waals surface area contributed by atoms with Crippen molar-refractivity contribution in [3.05, 3.63) is 11.5 Å². The molecule has 0 radical (unpaired) electrons.